The molecule has 113 heavy (non-hydrogen) atoms. The third-order valence-corrected chi connectivity index (χ3v) is 24.6. The van der Waals surface area contributed by atoms with Crippen LogP contribution in [0.1, 0.15) is 277 Å². The molecule has 0 amide bonds. The van der Waals surface area contributed by atoms with Crippen LogP contribution in [-0.4, -0.2) is 42.2 Å². The van der Waals surface area contributed by atoms with Crippen LogP contribution < -0.4 is 0 Å². The van der Waals surface area contributed by atoms with Gasteiger partial charge in [-0.05, 0) is 260 Å². The molecule has 0 bridgehead atoms. The summed E-state index contributed by atoms with van der Waals surface area (Å²) in [4.78, 5) is 0. The maximum atomic E-state index is 6.33. The molecule has 0 aliphatic heterocycles. The van der Waals surface area contributed by atoms with Gasteiger partial charge in [0.2, 0.25) is 0 Å². The van der Waals surface area contributed by atoms with E-state index in [2.05, 4.69) is 355 Å². The Morgan fingerprint density at radius 1 is 0.292 bits per heavy atom. The van der Waals surface area contributed by atoms with Crippen molar-refractivity contribution >= 4 is 32.3 Å². The molecule has 0 saturated carbocycles. The molecule has 7 aliphatic carbocycles. The van der Waals surface area contributed by atoms with E-state index >= 15 is 0 Å². The Hall–Kier alpha value is -8.08. The largest absolute Gasteiger partial charge is 0.371 e. The summed E-state index contributed by atoms with van der Waals surface area (Å²) in [6, 6.07) is 82.3. The topological polar surface area (TPSA) is 64.6 Å². The lowest BCUT2D eigenvalue weighted by Crippen LogP contribution is -2.32. The SMILES string of the molecule is CC(C)C(C)(C)OC1CCc2ccccc21.CC(C)C(C)OC1Cc2cccc3cccc1c23.CC(C)C(C)OC1c2ccccc2-c2ccccc21.CC(C)OC1CCc2ccccc21.CC(C)OC1Cc2cccc3cccc1c23.CCC(C)OC1CCc2ccccc21.CCC(C)OC1Cc2cccc3cccc1c23. The lowest BCUT2D eigenvalue weighted by Gasteiger charge is -2.33. The second kappa shape index (κ2) is 39.0. The van der Waals surface area contributed by atoms with Crippen LogP contribution >= 0.6 is 0 Å². The Labute approximate surface area is 678 Å². The van der Waals surface area contributed by atoms with Crippen LogP contribution in [0.3, 0.4) is 0 Å². The van der Waals surface area contributed by atoms with E-state index in [1.807, 2.05) is 0 Å². The summed E-state index contributed by atoms with van der Waals surface area (Å²) in [6.45, 7) is 39.1. The summed E-state index contributed by atoms with van der Waals surface area (Å²) in [7, 11) is 0. The molecule has 7 heteroatoms. The summed E-state index contributed by atoms with van der Waals surface area (Å²) >= 11 is 0. The van der Waals surface area contributed by atoms with Crippen LogP contribution in [0.5, 0.6) is 0 Å². The molecule has 0 saturated heterocycles. The van der Waals surface area contributed by atoms with Gasteiger partial charge in [0.15, 0.2) is 0 Å². The molecule has 0 radical (unpaired) electrons. The minimum atomic E-state index is -0.0396. The highest BCUT2D eigenvalue weighted by atomic mass is 16.5. The van der Waals surface area contributed by atoms with Crippen LogP contribution in [0.15, 0.2) is 231 Å². The van der Waals surface area contributed by atoms with E-state index in [0.717, 1.165) is 57.8 Å². The molecule has 7 nitrogen and oxygen atoms in total. The second-order valence-corrected chi connectivity index (χ2v) is 34.5. The summed E-state index contributed by atoms with van der Waals surface area (Å²) in [5, 5.41) is 8.27. The molecule has 0 aromatic heterocycles. The maximum Gasteiger partial charge on any atom is 0.109 e. The van der Waals surface area contributed by atoms with Crippen molar-refractivity contribution in [3.8, 4) is 11.1 Å². The van der Waals surface area contributed by atoms with Gasteiger partial charge < -0.3 is 33.2 Å². The Bertz CT molecular complexity index is 4820. The Morgan fingerprint density at radius 3 is 0.965 bits per heavy atom. The van der Waals surface area contributed by atoms with Gasteiger partial charge in [0.25, 0.3) is 0 Å². The Kier molecular flexibility index (Phi) is 29.1. The van der Waals surface area contributed by atoms with Gasteiger partial charge >= 0.3 is 0 Å². The third-order valence-electron chi connectivity index (χ3n) is 24.6. The first-order chi connectivity index (χ1) is 54.5. The first-order valence-corrected chi connectivity index (χ1v) is 43.0. The van der Waals surface area contributed by atoms with Gasteiger partial charge in [0, 0.05) is 19.3 Å². The molecule has 0 fully saturated rings. The van der Waals surface area contributed by atoms with Crippen LogP contribution in [0.4, 0.5) is 0 Å². The first-order valence-electron chi connectivity index (χ1n) is 43.0. The number of fused-ring (bicyclic) bond motifs is 6. The summed E-state index contributed by atoms with van der Waals surface area (Å²) < 4.78 is 42.8. The van der Waals surface area contributed by atoms with Crippen molar-refractivity contribution < 1.29 is 33.2 Å². The molecular weight excluding hydrogens is 1390 g/mol. The smallest absolute Gasteiger partial charge is 0.109 e. The van der Waals surface area contributed by atoms with E-state index < -0.39 is 0 Å². The van der Waals surface area contributed by atoms with Gasteiger partial charge in [0.1, 0.15) is 6.10 Å². The van der Waals surface area contributed by atoms with Gasteiger partial charge in [-0.25, -0.2) is 0 Å². The standard InChI is InChI=1S/C18H20O.C17H20O.C16H18O.C15H16O.C15H22O.C13H18O.C12H16O/c1-12(2)13(3)19-18-16-10-6-4-8-14(16)15-9-5-7-11-17(15)18;1-11(2)12(3)18-16-10-14-8-4-6-13-7-5-9-15(16)17(13)14;1-3-11(2)17-15-10-13-8-4-6-12-7-5-9-14(15)16(12)13;1-10(2)16-14-9-12-7-3-5-11-6-4-8-13(14)15(11)12;1-11(2)15(3,4)16-14-10-9-12-7-5-6-8-13(12)14;1-3-10(2)14-13-9-8-11-6-4-5-7-12(11)13;1-9(2)13-12-8-7-10-5-3-4-6-11(10)12/h4-13,18H,1-3H3;4-9,11-12,16H,10H2,1-3H3;4-9,11,15H,3,10H2,1-2H3;3-8,10,14H,9H2,1-2H3;5-8,11,14H,9-10H2,1-4H3;4-7,10,13H,3,8-9H2,1-2H3;3-6,9,12H,7-8H2,1-2H3. The number of hydrogen-bond acceptors (Lipinski definition) is 7. The molecule has 0 N–H and O–H groups in total. The van der Waals surface area contributed by atoms with Gasteiger partial charge in [-0.1, -0.05) is 286 Å². The fourth-order valence-electron chi connectivity index (χ4n) is 16.9. The third kappa shape index (κ3) is 20.6. The lowest BCUT2D eigenvalue weighted by molar-refractivity contribution is -0.0989. The zero-order valence-electron chi connectivity index (χ0n) is 71.3. The molecule has 11 aromatic rings. The molecule has 7 aliphatic rings. The molecule has 0 heterocycles. The van der Waals surface area contributed by atoms with E-state index in [9.17, 15) is 0 Å². The summed E-state index contributed by atoms with van der Waals surface area (Å²) in [5.74, 6) is 1.63. The van der Waals surface area contributed by atoms with Crippen LogP contribution in [0, 0.1) is 17.8 Å². The van der Waals surface area contributed by atoms with Gasteiger partial charge in [-0.15, -0.1) is 0 Å². The average molecular weight is 1520 g/mol. The number of rotatable bonds is 19. The number of benzene rings is 11. The van der Waals surface area contributed by atoms with Gasteiger partial charge in [-0.3, -0.25) is 0 Å². The van der Waals surface area contributed by atoms with Crippen molar-refractivity contribution in [3.05, 3.63) is 308 Å². The second-order valence-electron chi connectivity index (χ2n) is 34.5. The highest BCUT2D eigenvalue weighted by molar-refractivity contribution is 5.93. The number of ether oxygens (including phenoxy) is 7. The quantitative estimate of drug-likeness (QED) is 0.0799. The molecule has 0 spiro atoms. The molecular formula is C106H130O7. The van der Waals surface area contributed by atoms with Crippen LogP contribution in [0.2, 0.25) is 0 Å². The molecule has 596 valence electrons. The monoisotopic (exact) mass is 1510 g/mol. The fourth-order valence-corrected chi connectivity index (χ4v) is 16.9. The van der Waals surface area contributed by atoms with Crippen molar-refractivity contribution in [2.75, 3.05) is 0 Å². The maximum absolute atomic E-state index is 6.33. The predicted molar refractivity (Wildman–Crippen MR) is 472 cm³/mol. The number of aryl methyl sites for hydroxylation is 3. The minimum Gasteiger partial charge on any atom is -0.371 e. The van der Waals surface area contributed by atoms with Crippen LogP contribution in [-0.2, 0) is 71.7 Å². The summed E-state index contributed by atoms with van der Waals surface area (Å²) in [6.07, 6.45) is 15.9. The first kappa shape index (κ1) is 84.3. The molecule has 18 rings (SSSR count). The molecule has 10 atom stereocenters. The molecule has 11 aromatic carbocycles. The van der Waals surface area contributed by atoms with Crippen molar-refractivity contribution in [1.29, 1.82) is 0 Å². The highest BCUT2D eigenvalue weighted by Crippen LogP contribution is 2.48. The zero-order valence-corrected chi connectivity index (χ0v) is 71.3. The van der Waals surface area contributed by atoms with Gasteiger partial charge in [0.05, 0.1) is 78.8 Å². The molecule has 10 unspecified atom stereocenters. The Morgan fingerprint density at radius 2 is 0.584 bits per heavy atom. The Balaban J connectivity index is 0.000000122. The van der Waals surface area contributed by atoms with Crippen molar-refractivity contribution in [2.24, 2.45) is 17.8 Å². The van der Waals surface area contributed by atoms with E-state index in [1.165, 1.54) is 134 Å². The normalized spacial score (nSPS) is 19.3. The van der Waals surface area contributed by atoms with Crippen molar-refractivity contribution in [2.45, 2.75) is 280 Å². The lowest BCUT2D eigenvalue weighted by atomic mass is 9.94. The predicted octanol–water partition coefficient (Wildman–Crippen LogP) is 28.1. The van der Waals surface area contributed by atoms with E-state index in [0.29, 0.717) is 60.5 Å². The van der Waals surface area contributed by atoms with E-state index in [4.69, 9.17) is 33.2 Å². The van der Waals surface area contributed by atoms with Gasteiger partial charge in [-0.2, -0.15) is 0 Å². The summed E-state index contributed by atoms with van der Waals surface area (Å²) in [5.41, 5.74) is 22.2. The van der Waals surface area contributed by atoms with Crippen LogP contribution in [0.25, 0.3) is 43.4 Å². The number of hydrogen-bond donors (Lipinski definition) is 0. The van der Waals surface area contributed by atoms with E-state index in [-0.39, 0.29) is 42.2 Å². The average Bonchev–Trinajstić information content (AvgIpc) is 1.63. The van der Waals surface area contributed by atoms with E-state index in [1.54, 1.807) is 0 Å². The van der Waals surface area contributed by atoms with Crippen molar-refractivity contribution in [1.82, 2.24) is 0 Å². The van der Waals surface area contributed by atoms with Crippen molar-refractivity contribution in [3.63, 3.8) is 0 Å². The minimum absolute atomic E-state index is 0.0396. The fraction of sp³-hybridized carbons (Fsp3) is 0.434. The zero-order chi connectivity index (χ0) is 80.0. The highest BCUT2D eigenvalue weighted by Gasteiger charge is 2.35.